The lowest BCUT2D eigenvalue weighted by molar-refractivity contribution is -0.897. The van der Waals surface area contributed by atoms with E-state index in [1.54, 1.807) is 0 Å². The highest BCUT2D eigenvalue weighted by molar-refractivity contribution is 5.77. The molecule has 0 aromatic rings. The second kappa shape index (κ2) is 7.07. The van der Waals surface area contributed by atoms with Gasteiger partial charge < -0.3 is 16.0 Å². The highest BCUT2D eigenvalue weighted by atomic mass is 16.2. The quantitative estimate of drug-likeness (QED) is 0.648. The van der Waals surface area contributed by atoms with Crippen molar-refractivity contribution in [3.63, 3.8) is 0 Å². The molecule has 0 bridgehead atoms. The average molecular weight is 282 g/mol. The Bertz CT molecular complexity index is 351. The Kier molecular flexibility index (Phi) is 5.40. The largest absolute Gasteiger partial charge is 0.369 e. The minimum absolute atomic E-state index is 0.0141. The van der Waals surface area contributed by atoms with Crippen LogP contribution in [-0.2, 0) is 9.59 Å². The summed E-state index contributed by atoms with van der Waals surface area (Å²) in [5.74, 6) is 0.587. The minimum Gasteiger partial charge on any atom is -0.369 e. The Balaban J connectivity index is 1.71. The Hall–Kier alpha value is -1.10. The first-order valence-corrected chi connectivity index (χ1v) is 7.98. The molecule has 1 saturated carbocycles. The predicted octanol–water partition coefficient (Wildman–Crippen LogP) is -0.538. The van der Waals surface area contributed by atoms with E-state index in [9.17, 15) is 9.59 Å². The van der Waals surface area contributed by atoms with Crippen LogP contribution >= 0.6 is 0 Å². The lowest BCUT2D eigenvalue weighted by atomic mass is 9.86. The molecule has 2 aliphatic rings. The fourth-order valence-corrected chi connectivity index (χ4v) is 3.50. The molecule has 1 aliphatic heterocycles. The average Bonchev–Trinajstić information content (AvgIpc) is 2.42. The normalized spacial score (nSPS) is 34.5. The summed E-state index contributed by atoms with van der Waals surface area (Å²) in [5, 5.41) is 3.20. The maximum absolute atomic E-state index is 12.1. The maximum atomic E-state index is 12.1. The lowest BCUT2D eigenvalue weighted by Gasteiger charge is -2.31. The molecule has 2 rings (SSSR count). The van der Waals surface area contributed by atoms with E-state index in [0.717, 1.165) is 32.4 Å². The van der Waals surface area contributed by atoms with Gasteiger partial charge in [-0.1, -0.05) is 19.8 Å². The van der Waals surface area contributed by atoms with Gasteiger partial charge in [0.25, 0.3) is 5.91 Å². The highest BCUT2D eigenvalue weighted by Crippen LogP contribution is 2.23. The van der Waals surface area contributed by atoms with Crippen LogP contribution in [0.4, 0.5) is 0 Å². The van der Waals surface area contributed by atoms with Gasteiger partial charge in [0.2, 0.25) is 5.91 Å². The van der Waals surface area contributed by atoms with Crippen molar-refractivity contribution in [3.8, 4) is 0 Å². The summed E-state index contributed by atoms with van der Waals surface area (Å²) >= 11 is 0. The van der Waals surface area contributed by atoms with Crippen molar-refractivity contribution in [2.24, 2.45) is 17.6 Å². The predicted molar refractivity (Wildman–Crippen MR) is 77.0 cm³/mol. The molecule has 0 aromatic heterocycles. The van der Waals surface area contributed by atoms with Crippen molar-refractivity contribution in [1.29, 1.82) is 0 Å². The monoisotopic (exact) mass is 282 g/mol. The standard InChI is InChI=1S/C15H27N3O2/c1-11-4-2-3-5-13(11)17-14(19)10-18-8-6-12(7-9-18)15(16)20/h11-13H,2-10H2,1H3,(H2,16,20)(H,17,19)/p+1/t11-,13+/m0/s1. The van der Waals surface area contributed by atoms with Gasteiger partial charge in [-0.15, -0.1) is 0 Å². The van der Waals surface area contributed by atoms with Crippen molar-refractivity contribution >= 4 is 11.8 Å². The highest BCUT2D eigenvalue weighted by Gasteiger charge is 2.28. The van der Waals surface area contributed by atoms with Crippen LogP contribution in [0.15, 0.2) is 0 Å². The number of carbonyl (C=O) groups excluding carboxylic acids is 2. The van der Waals surface area contributed by atoms with Crippen LogP contribution in [0.1, 0.15) is 45.4 Å². The third kappa shape index (κ3) is 4.20. The number of likely N-dealkylation sites (tertiary alicyclic amines) is 1. The lowest BCUT2D eigenvalue weighted by Crippen LogP contribution is -3.14. The fourth-order valence-electron chi connectivity index (χ4n) is 3.50. The molecule has 4 N–H and O–H groups in total. The molecule has 1 aliphatic carbocycles. The minimum atomic E-state index is -0.190. The number of hydrogen-bond acceptors (Lipinski definition) is 2. The van der Waals surface area contributed by atoms with E-state index < -0.39 is 0 Å². The van der Waals surface area contributed by atoms with Gasteiger partial charge in [0.15, 0.2) is 6.54 Å². The number of nitrogens with two attached hydrogens (primary N) is 1. The van der Waals surface area contributed by atoms with Crippen LogP contribution < -0.4 is 16.0 Å². The first kappa shape index (κ1) is 15.3. The topological polar surface area (TPSA) is 76.6 Å². The molecule has 5 heteroatoms. The van der Waals surface area contributed by atoms with Crippen LogP contribution in [0.3, 0.4) is 0 Å². The SMILES string of the molecule is C[C@H]1CCCC[C@H]1NC(=O)C[NH+]1CCC(C(N)=O)CC1. The number of nitrogens with one attached hydrogen (secondary N) is 2. The number of hydrogen-bond donors (Lipinski definition) is 3. The Morgan fingerprint density at radius 1 is 1.15 bits per heavy atom. The maximum Gasteiger partial charge on any atom is 0.275 e. The van der Waals surface area contributed by atoms with Crippen LogP contribution in [0.2, 0.25) is 0 Å². The van der Waals surface area contributed by atoms with Gasteiger partial charge in [0.05, 0.1) is 13.1 Å². The molecule has 1 saturated heterocycles. The molecule has 0 radical (unpaired) electrons. The summed E-state index contributed by atoms with van der Waals surface area (Å²) in [6, 6.07) is 0.360. The van der Waals surface area contributed by atoms with Gasteiger partial charge >= 0.3 is 0 Å². The van der Waals surface area contributed by atoms with Crippen LogP contribution in [0.25, 0.3) is 0 Å². The van der Waals surface area contributed by atoms with E-state index in [4.69, 9.17) is 5.73 Å². The van der Waals surface area contributed by atoms with Gasteiger partial charge in [-0.25, -0.2) is 0 Å². The number of piperidine rings is 1. The van der Waals surface area contributed by atoms with E-state index in [2.05, 4.69) is 12.2 Å². The van der Waals surface area contributed by atoms with E-state index in [1.807, 2.05) is 0 Å². The summed E-state index contributed by atoms with van der Waals surface area (Å²) in [7, 11) is 0. The second-order valence-electron chi connectivity index (χ2n) is 6.54. The molecule has 1 heterocycles. The number of carbonyl (C=O) groups is 2. The van der Waals surface area contributed by atoms with E-state index in [-0.39, 0.29) is 17.7 Å². The third-order valence-electron chi connectivity index (χ3n) is 4.96. The van der Waals surface area contributed by atoms with E-state index >= 15 is 0 Å². The van der Waals surface area contributed by atoms with E-state index in [0.29, 0.717) is 18.5 Å². The molecular weight excluding hydrogens is 254 g/mol. The summed E-state index contributed by atoms with van der Waals surface area (Å²) in [5.41, 5.74) is 5.33. The molecule has 20 heavy (non-hydrogen) atoms. The summed E-state index contributed by atoms with van der Waals surface area (Å²) in [4.78, 5) is 24.5. The van der Waals surface area contributed by atoms with Gasteiger partial charge in [0.1, 0.15) is 0 Å². The summed E-state index contributed by atoms with van der Waals surface area (Å²) in [6.07, 6.45) is 6.49. The number of quaternary nitrogens is 1. The molecule has 0 spiro atoms. The van der Waals surface area contributed by atoms with Crippen LogP contribution in [-0.4, -0.2) is 37.5 Å². The molecule has 0 unspecified atom stereocenters. The molecular formula is C15H28N3O2+. The molecule has 5 nitrogen and oxygen atoms in total. The van der Waals surface area contributed by atoms with E-state index in [1.165, 1.54) is 24.2 Å². The fraction of sp³-hybridized carbons (Fsp3) is 0.867. The molecule has 2 amide bonds. The Labute approximate surface area is 121 Å². The third-order valence-corrected chi connectivity index (χ3v) is 4.96. The molecule has 114 valence electrons. The molecule has 2 atom stereocenters. The molecule has 0 aromatic carbocycles. The van der Waals surface area contributed by atoms with Crippen molar-refractivity contribution in [2.75, 3.05) is 19.6 Å². The van der Waals surface area contributed by atoms with Gasteiger partial charge in [-0.2, -0.15) is 0 Å². The number of primary amides is 1. The van der Waals surface area contributed by atoms with Crippen molar-refractivity contribution in [3.05, 3.63) is 0 Å². The number of amides is 2. The van der Waals surface area contributed by atoms with Crippen LogP contribution in [0.5, 0.6) is 0 Å². The first-order chi connectivity index (χ1) is 9.56. The zero-order valence-electron chi connectivity index (χ0n) is 12.5. The van der Waals surface area contributed by atoms with Crippen molar-refractivity contribution < 1.29 is 14.5 Å². The van der Waals surface area contributed by atoms with Crippen molar-refractivity contribution in [1.82, 2.24) is 5.32 Å². The first-order valence-electron chi connectivity index (χ1n) is 7.98. The van der Waals surface area contributed by atoms with Gasteiger partial charge in [0, 0.05) is 24.8 Å². The van der Waals surface area contributed by atoms with Crippen LogP contribution in [0, 0.1) is 11.8 Å². The Morgan fingerprint density at radius 3 is 2.40 bits per heavy atom. The summed E-state index contributed by atoms with van der Waals surface area (Å²) in [6.45, 7) is 4.52. The second-order valence-corrected chi connectivity index (χ2v) is 6.54. The molecule has 2 fully saturated rings. The van der Waals surface area contributed by atoms with Crippen molar-refractivity contribution in [2.45, 2.75) is 51.5 Å². The van der Waals surface area contributed by atoms with Gasteiger partial charge in [-0.3, -0.25) is 9.59 Å². The zero-order valence-corrected chi connectivity index (χ0v) is 12.5. The van der Waals surface area contributed by atoms with Gasteiger partial charge in [-0.05, 0) is 18.8 Å². The zero-order chi connectivity index (χ0) is 14.5. The smallest absolute Gasteiger partial charge is 0.275 e. The number of rotatable bonds is 4. The summed E-state index contributed by atoms with van der Waals surface area (Å²) < 4.78 is 0. The Morgan fingerprint density at radius 2 is 1.80 bits per heavy atom.